The van der Waals surface area contributed by atoms with E-state index in [1.165, 1.54) is 52.0 Å². The van der Waals surface area contributed by atoms with Crippen molar-refractivity contribution in [3.05, 3.63) is 0 Å². The van der Waals surface area contributed by atoms with E-state index in [1.54, 1.807) is 0 Å². The van der Waals surface area contributed by atoms with E-state index in [-0.39, 0.29) is 0 Å². The van der Waals surface area contributed by atoms with Gasteiger partial charge in [-0.3, -0.25) is 0 Å². The van der Waals surface area contributed by atoms with Crippen LogP contribution >= 0.6 is 0 Å². The number of likely N-dealkylation sites (tertiary alicyclic amines) is 2. The molecule has 2 saturated heterocycles. The number of nitrogens with zero attached hydrogens (tertiary/aromatic N) is 2. The summed E-state index contributed by atoms with van der Waals surface area (Å²) < 4.78 is 0. The van der Waals surface area contributed by atoms with Crippen molar-refractivity contribution in [1.29, 1.82) is 0 Å². The van der Waals surface area contributed by atoms with Crippen molar-refractivity contribution < 1.29 is 0 Å². The van der Waals surface area contributed by atoms with Crippen LogP contribution in [0.5, 0.6) is 0 Å². The van der Waals surface area contributed by atoms with Crippen LogP contribution in [-0.4, -0.2) is 61.7 Å². The Labute approximate surface area is 119 Å². The van der Waals surface area contributed by atoms with Crippen LogP contribution in [0.4, 0.5) is 0 Å². The lowest BCUT2D eigenvalue weighted by molar-refractivity contribution is 0.132. The normalized spacial score (nSPS) is 33.5. The van der Waals surface area contributed by atoms with E-state index in [1.807, 2.05) is 0 Å². The van der Waals surface area contributed by atoms with Crippen molar-refractivity contribution in [2.75, 3.05) is 39.8 Å². The summed E-state index contributed by atoms with van der Waals surface area (Å²) in [4.78, 5) is 5.05. The largest absolute Gasteiger partial charge is 0.311 e. The van der Waals surface area contributed by atoms with Gasteiger partial charge in [0.2, 0.25) is 0 Å². The van der Waals surface area contributed by atoms with Crippen LogP contribution < -0.4 is 5.32 Å². The summed E-state index contributed by atoms with van der Waals surface area (Å²) in [5.74, 6) is 1.67. The molecule has 2 aliphatic heterocycles. The van der Waals surface area contributed by atoms with Crippen LogP contribution in [0.1, 0.15) is 40.0 Å². The molecular formula is C16H33N3. The molecule has 3 heteroatoms. The van der Waals surface area contributed by atoms with Gasteiger partial charge < -0.3 is 15.1 Å². The maximum Gasteiger partial charge on any atom is 0.0120 e. The van der Waals surface area contributed by atoms with E-state index in [4.69, 9.17) is 0 Å². The number of piperidine rings is 2. The summed E-state index contributed by atoms with van der Waals surface area (Å²) in [5.41, 5.74) is 0. The highest BCUT2D eigenvalue weighted by atomic mass is 15.1. The fourth-order valence-corrected chi connectivity index (χ4v) is 3.84. The number of rotatable bonds is 4. The molecule has 0 saturated carbocycles. The Balaban J connectivity index is 1.76. The van der Waals surface area contributed by atoms with Gasteiger partial charge in [-0.1, -0.05) is 13.8 Å². The molecule has 0 aromatic heterocycles. The average molecular weight is 267 g/mol. The van der Waals surface area contributed by atoms with Gasteiger partial charge >= 0.3 is 0 Å². The van der Waals surface area contributed by atoms with E-state index in [2.05, 4.69) is 42.9 Å². The first-order chi connectivity index (χ1) is 9.10. The van der Waals surface area contributed by atoms with Gasteiger partial charge in [-0.15, -0.1) is 0 Å². The zero-order valence-electron chi connectivity index (χ0n) is 13.4. The lowest BCUT2D eigenvalue weighted by Crippen LogP contribution is -2.52. The van der Waals surface area contributed by atoms with E-state index in [0.717, 1.165) is 17.9 Å². The minimum absolute atomic E-state index is 0.690. The highest BCUT2D eigenvalue weighted by Crippen LogP contribution is 2.23. The van der Waals surface area contributed by atoms with E-state index in [0.29, 0.717) is 6.04 Å². The molecule has 0 aliphatic carbocycles. The molecule has 0 aromatic carbocycles. The van der Waals surface area contributed by atoms with Crippen molar-refractivity contribution in [2.45, 2.75) is 52.1 Å². The molecule has 3 atom stereocenters. The molecule has 1 N–H and O–H groups in total. The predicted molar refractivity (Wildman–Crippen MR) is 82.5 cm³/mol. The maximum absolute atomic E-state index is 3.95. The minimum atomic E-state index is 0.690. The van der Waals surface area contributed by atoms with Crippen LogP contribution in [0.25, 0.3) is 0 Å². The summed E-state index contributed by atoms with van der Waals surface area (Å²) in [6.45, 7) is 13.4. The zero-order chi connectivity index (χ0) is 13.8. The summed E-state index contributed by atoms with van der Waals surface area (Å²) in [6.07, 6.45) is 4.07. The summed E-state index contributed by atoms with van der Waals surface area (Å²) in [5, 5.41) is 3.95. The van der Waals surface area contributed by atoms with Crippen molar-refractivity contribution in [1.82, 2.24) is 15.1 Å². The smallest absolute Gasteiger partial charge is 0.0120 e. The van der Waals surface area contributed by atoms with Gasteiger partial charge in [0.1, 0.15) is 0 Å². The van der Waals surface area contributed by atoms with Crippen molar-refractivity contribution in [3.8, 4) is 0 Å². The van der Waals surface area contributed by atoms with Crippen LogP contribution in [0.15, 0.2) is 0 Å². The van der Waals surface area contributed by atoms with Gasteiger partial charge in [-0.2, -0.15) is 0 Å². The first-order valence-corrected chi connectivity index (χ1v) is 8.27. The fraction of sp³-hybridized carbons (Fsp3) is 1.00. The highest BCUT2D eigenvalue weighted by molar-refractivity contribution is 4.87. The molecule has 3 nitrogen and oxygen atoms in total. The maximum atomic E-state index is 3.95. The number of hydrogen-bond acceptors (Lipinski definition) is 3. The highest BCUT2D eigenvalue weighted by Gasteiger charge is 2.29. The van der Waals surface area contributed by atoms with Gasteiger partial charge in [0.25, 0.3) is 0 Å². The Morgan fingerprint density at radius 2 is 1.84 bits per heavy atom. The topological polar surface area (TPSA) is 18.5 Å². The molecule has 0 aromatic rings. The van der Waals surface area contributed by atoms with Gasteiger partial charge in [-0.05, 0) is 71.2 Å². The van der Waals surface area contributed by atoms with Crippen LogP contribution in [0.3, 0.4) is 0 Å². The van der Waals surface area contributed by atoms with Crippen molar-refractivity contribution in [3.63, 3.8) is 0 Å². The standard InChI is InChI=1S/C16H33N3/c1-5-19-10-6-15(7-11-19)14(3)17-16-8-9-18(4)12-13(16)2/h13-17H,5-12H2,1-4H3. The van der Waals surface area contributed by atoms with Crippen LogP contribution in [0.2, 0.25) is 0 Å². The minimum Gasteiger partial charge on any atom is -0.311 e. The molecule has 19 heavy (non-hydrogen) atoms. The summed E-state index contributed by atoms with van der Waals surface area (Å²) in [7, 11) is 2.25. The lowest BCUT2D eigenvalue weighted by Gasteiger charge is -2.40. The molecule has 0 amide bonds. The van der Waals surface area contributed by atoms with E-state index < -0.39 is 0 Å². The second-order valence-electron chi connectivity index (χ2n) is 6.86. The first kappa shape index (κ1) is 15.3. The monoisotopic (exact) mass is 267 g/mol. The summed E-state index contributed by atoms with van der Waals surface area (Å²) >= 11 is 0. The lowest BCUT2D eigenvalue weighted by atomic mass is 9.87. The fourth-order valence-electron chi connectivity index (χ4n) is 3.84. The quantitative estimate of drug-likeness (QED) is 0.841. The molecule has 2 heterocycles. The molecule has 0 radical (unpaired) electrons. The Kier molecular flexibility index (Phi) is 5.67. The Hall–Kier alpha value is -0.120. The molecule has 0 spiro atoms. The zero-order valence-corrected chi connectivity index (χ0v) is 13.4. The van der Waals surface area contributed by atoms with Crippen LogP contribution in [0, 0.1) is 11.8 Å². The molecule has 2 rings (SSSR count). The molecule has 2 fully saturated rings. The number of nitrogens with one attached hydrogen (secondary N) is 1. The Morgan fingerprint density at radius 1 is 1.16 bits per heavy atom. The van der Waals surface area contributed by atoms with Crippen LogP contribution in [-0.2, 0) is 0 Å². The van der Waals surface area contributed by atoms with E-state index in [9.17, 15) is 0 Å². The van der Waals surface area contributed by atoms with Gasteiger partial charge in [0.15, 0.2) is 0 Å². The van der Waals surface area contributed by atoms with Crippen molar-refractivity contribution in [2.24, 2.45) is 11.8 Å². The van der Waals surface area contributed by atoms with Gasteiger partial charge in [0.05, 0.1) is 0 Å². The molecular weight excluding hydrogens is 234 g/mol. The molecule has 0 bridgehead atoms. The SMILES string of the molecule is CCN1CCC(C(C)NC2CCN(C)CC2C)CC1. The third kappa shape index (κ3) is 4.17. The second-order valence-corrected chi connectivity index (χ2v) is 6.86. The second kappa shape index (κ2) is 7.05. The average Bonchev–Trinajstić information content (AvgIpc) is 2.42. The summed E-state index contributed by atoms with van der Waals surface area (Å²) in [6, 6.07) is 1.42. The van der Waals surface area contributed by atoms with Gasteiger partial charge in [-0.25, -0.2) is 0 Å². The third-order valence-corrected chi connectivity index (χ3v) is 5.37. The van der Waals surface area contributed by atoms with Crippen molar-refractivity contribution >= 4 is 0 Å². The Morgan fingerprint density at radius 3 is 2.42 bits per heavy atom. The molecule has 112 valence electrons. The third-order valence-electron chi connectivity index (χ3n) is 5.37. The number of hydrogen-bond donors (Lipinski definition) is 1. The van der Waals surface area contributed by atoms with E-state index >= 15 is 0 Å². The van der Waals surface area contributed by atoms with Gasteiger partial charge in [0, 0.05) is 18.6 Å². The Bertz CT molecular complexity index is 261. The molecule has 3 unspecified atom stereocenters. The predicted octanol–water partition coefficient (Wildman–Crippen LogP) is 2.04. The first-order valence-electron chi connectivity index (χ1n) is 8.27. The molecule has 2 aliphatic rings.